The van der Waals surface area contributed by atoms with Crippen LogP contribution >= 0.6 is 0 Å². The van der Waals surface area contributed by atoms with E-state index in [1.54, 1.807) is 6.33 Å². The number of carbonyl (C=O) groups is 1. The molecule has 1 aliphatic heterocycles. The highest BCUT2D eigenvalue weighted by atomic mass is 16.2. The molecule has 0 radical (unpaired) electrons. The molecule has 0 atom stereocenters. The largest absolute Gasteiger partial charge is 0.367 e. The van der Waals surface area contributed by atoms with E-state index in [-0.39, 0.29) is 5.91 Å². The van der Waals surface area contributed by atoms with E-state index in [0.29, 0.717) is 24.8 Å². The van der Waals surface area contributed by atoms with Gasteiger partial charge in [0.25, 0.3) is 5.91 Å². The van der Waals surface area contributed by atoms with E-state index < -0.39 is 0 Å². The van der Waals surface area contributed by atoms with Crippen LogP contribution in [0.15, 0.2) is 30.7 Å². The smallest absolute Gasteiger partial charge is 0.272 e. The predicted molar refractivity (Wildman–Crippen MR) is 102 cm³/mol. The third-order valence-electron chi connectivity index (χ3n) is 5.40. The van der Waals surface area contributed by atoms with Crippen molar-refractivity contribution in [2.75, 3.05) is 18.4 Å². The van der Waals surface area contributed by atoms with Gasteiger partial charge < -0.3 is 10.2 Å². The van der Waals surface area contributed by atoms with Crippen LogP contribution in [0.4, 0.5) is 5.82 Å². The van der Waals surface area contributed by atoms with E-state index >= 15 is 0 Å². The Labute approximate surface area is 157 Å². The minimum Gasteiger partial charge on any atom is -0.367 e. The Morgan fingerprint density at radius 1 is 1.19 bits per heavy atom. The van der Waals surface area contributed by atoms with E-state index in [2.05, 4.69) is 20.3 Å². The number of rotatable bonds is 3. The second-order valence-electron chi connectivity index (χ2n) is 7.33. The van der Waals surface area contributed by atoms with Gasteiger partial charge >= 0.3 is 0 Å². The van der Waals surface area contributed by atoms with Crippen molar-refractivity contribution in [1.82, 2.24) is 24.3 Å². The van der Waals surface area contributed by atoms with E-state index in [0.717, 1.165) is 41.3 Å². The summed E-state index contributed by atoms with van der Waals surface area (Å²) in [5, 5.41) is 3.51. The second kappa shape index (κ2) is 6.33. The zero-order valence-corrected chi connectivity index (χ0v) is 15.4. The lowest BCUT2D eigenvalue weighted by molar-refractivity contribution is 0.0755. The molecule has 1 fully saturated rings. The van der Waals surface area contributed by atoms with Gasteiger partial charge in [-0.15, -0.1) is 0 Å². The van der Waals surface area contributed by atoms with Crippen LogP contribution in [0.25, 0.3) is 5.65 Å². The van der Waals surface area contributed by atoms with Gasteiger partial charge in [-0.25, -0.2) is 15.0 Å². The first-order chi connectivity index (χ1) is 13.2. The summed E-state index contributed by atoms with van der Waals surface area (Å²) in [5.41, 5.74) is 4.44. The van der Waals surface area contributed by atoms with Crippen molar-refractivity contribution in [2.45, 2.75) is 38.6 Å². The van der Waals surface area contributed by atoms with Gasteiger partial charge in [-0.1, -0.05) is 6.07 Å². The van der Waals surface area contributed by atoms with E-state index in [9.17, 15) is 4.79 Å². The summed E-state index contributed by atoms with van der Waals surface area (Å²) in [4.78, 5) is 28.7. The molecule has 0 spiro atoms. The molecule has 0 unspecified atom stereocenters. The van der Waals surface area contributed by atoms with Crippen molar-refractivity contribution in [1.29, 1.82) is 0 Å². The molecule has 3 aromatic rings. The van der Waals surface area contributed by atoms with Crippen LogP contribution in [0.5, 0.6) is 0 Å². The lowest BCUT2D eigenvalue weighted by Crippen LogP contribution is -2.34. The maximum absolute atomic E-state index is 13.3. The minimum atomic E-state index is 0.0312. The van der Waals surface area contributed by atoms with Crippen molar-refractivity contribution < 1.29 is 4.79 Å². The summed E-state index contributed by atoms with van der Waals surface area (Å²) in [6.45, 7) is 3.22. The third-order valence-corrected chi connectivity index (χ3v) is 5.40. The fourth-order valence-electron chi connectivity index (χ4n) is 3.80. The molecule has 4 heterocycles. The van der Waals surface area contributed by atoms with Crippen LogP contribution < -0.4 is 5.32 Å². The topological polar surface area (TPSA) is 75.4 Å². The monoisotopic (exact) mass is 362 g/mol. The Hall–Kier alpha value is -2.96. The Kier molecular flexibility index (Phi) is 3.81. The number of pyridine rings is 1. The fraction of sp³-hybridized carbons (Fsp3) is 0.400. The standard InChI is InChI=1S/C20H22N6O/c1-13-18(26-9-3-2-4-17(26)23-13)20(27)25-10-7-15-16(8-11-25)21-12-22-19(15)24-14-5-6-14/h2-4,9,12,14H,5-8,10-11H2,1H3,(H,21,22,24). The summed E-state index contributed by atoms with van der Waals surface area (Å²) >= 11 is 0. The molecule has 1 saturated carbocycles. The first-order valence-electron chi connectivity index (χ1n) is 9.53. The first kappa shape index (κ1) is 16.2. The number of hydrogen-bond acceptors (Lipinski definition) is 5. The van der Waals surface area contributed by atoms with Crippen molar-refractivity contribution in [3.8, 4) is 0 Å². The number of carbonyl (C=O) groups excluding carboxylic acids is 1. The molecule has 138 valence electrons. The molecule has 1 aliphatic carbocycles. The Balaban J connectivity index is 1.42. The maximum atomic E-state index is 13.3. The molecule has 5 rings (SSSR count). The number of nitrogens with one attached hydrogen (secondary N) is 1. The number of anilines is 1. The molecule has 3 aromatic heterocycles. The van der Waals surface area contributed by atoms with Crippen LogP contribution in [0.3, 0.4) is 0 Å². The molecule has 7 heteroatoms. The minimum absolute atomic E-state index is 0.0312. The number of amides is 1. The third kappa shape index (κ3) is 2.93. The number of fused-ring (bicyclic) bond motifs is 2. The average Bonchev–Trinajstić information content (AvgIpc) is 3.45. The van der Waals surface area contributed by atoms with Gasteiger partial charge in [0.2, 0.25) is 0 Å². The fourth-order valence-corrected chi connectivity index (χ4v) is 3.80. The number of hydrogen-bond donors (Lipinski definition) is 1. The highest BCUT2D eigenvalue weighted by Crippen LogP contribution is 2.28. The van der Waals surface area contributed by atoms with Crippen LogP contribution in [-0.2, 0) is 12.8 Å². The zero-order valence-electron chi connectivity index (χ0n) is 15.4. The molecular formula is C20H22N6O. The van der Waals surface area contributed by atoms with Gasteiger partial charge in [-0.05, 0) is 38.3 Å². The van der Waals surface area contributed by atoms with Crippen molar-refractivity contribution in [3.05, 3.63) is 53.4 Å². The highest BCUT2D eigenvalue weighted by molar-refractivity contribution is 5.94. The van der Waals surface area contributed by atoms with Crippen molar-refractivity contribution >= 4 is 17.4 Å². The summed E-state index contributed by atoms with van der Waals surface area (Å²) in [5.74, 6) is 0.978. The SMILES string of the molecule is Cc1nc2ccccn2c1C(=O)N1CCc2ncnc(NC3CC3)c2CC1. The van der Waals surface area contributed by atoms with Crippen LogP contribution in [0, 0.1) is 6.92 Å². The van der Waals surface area contributed by atoms with Crippen LogP contribution in [0.1, 0.15) is 40.3 Å². The first-order valence-corrected chi connectivity index (χ1v) is 9.53. The molecule has 27 heavy (non-hydrogen) atoms. The Bertz CT molecular complexity index is 1020. The van der Waals surface area contributed by atoms with Crippen LogP contribution in [-0.4, -0.2) is 49.3 Å². The molecule has 0 aromatic carbocycles. The summed E-state index contributed by atoms with van der Waals surface area (Å²) in [7, 11) is 0. The summed E-state index contributed by atoms with van der Waals surface area (Å²) in [6, 6.07) is 6.33. The van der Waals surface area contributed by atoms with Gasteiger partial charge in [0.1, 0.15) is 23.5 Å². The van der Waals surface area contributed by atoms with Gasteiger partial charge in [0.15, 0.2) is 0 Å². The highest BCUT2D eigenvalue weighted by Gasteiger charge is 2.28. The predicted octanol–water partition coefficient (Wildman–Crippen LogP) is 2.25. The maximum Gasteiger partial charge on any atom is 0.272 e. The normalized spacial score (nSPS) is 16.9. The zero-order chi connectivity index (χ0) is 18.4. The van der Waals surface area contributed by atoms with E-state index in [1.165, 1.54) is 12.8 Å². The second-order valence-corrected chi connectivity index (χ2v) is 7.33. The van der Waals surface area contributed by atoms with Crippen LogP contribution in [0.2, 0.25) is 0 Å². The number of aryl methyl sites for hydroxylation is 1. The van der Waals surface area contributed by atoms with Gasteiger partial charge in [-0.3, -0.25) is 9.20 Å². The van der Waals surface area contributed by atoms with E-state index in [1.807, 2.05) is 40.6 Å². The summed E-state index contributed by atoms with van der Waals surface area (Å²) in [6.07, 6.45) is 7.47. The Morgan fingerprint density at radius 2 is 2.04 bits per heavy atom. The molecule has 7 nitrogen and oxygen atoms in total. The summed E-state index contributed by atoms with van der Waals surface area (Å²) < 4.78 is 1.88. The van der Waals surface area contributed by atoms with Gasteiger partial charge in [0, 0.05) is 37.3 Å². The average molecular weight is 362 g/mol. The Morgan fingerprint density at radius 3 is 2.89 bits per heavy atom. The molecular weight excluding hydrogens is 340 g/mol. The molecule has 1 N–H and O–H groups in total. The van der Waals surface area contributed by atoms with Gasteiger partial charge in [0.05, 0.1) is 11.4 Å². The molecule has 0 bridgehead atoms. The number of nitrogens with zero attached hydrogens (tertiary/aromatic N) is 5. The number of aromatic nitrogens is 4. The lowest BCUT2D eigenvalue weighted by atomic mass is 10.1. The van der Waals surface area contributed by atoms with Gasteiger partial charge in [-0.2, -0.15) is 0 Å². The molecule has 0 saturated heterocycles. The molecule has 2 aliphatic rings. The lowest BCUT2D eigenvalue weighted by Gasteiger charge is -2.20. The number of imidazole rings is 1. The van der Waals surface area contributed by atoms with E-state index in [4.69, 9.17) is 0 Å². The quantitative estimate of drug-likeness (QED) is 0.773. The van der Waals surface area contributed by atoms with Crippen molar-refractivity contribution in [3.63, 3.8) is 0 Å². The molecule has 1 amide bonds. The van der Waals surface area contributed by atoms with Crippen molar-refractivity contribution in [2.24, 2.45) is 0 Å².